The largest absolute Gasteiger partial charge is 0.481 e. The van der Waals surface area contributed by atoms with Crippen LogP contribution in [0, 0.1) is 0 Å². The van der Waals surface area contributed by atoms with Crippen molar-refractivity contribution in [3.05, 3.63) is 12.2 Å². The van der Waals surface area contributed by atoms with E-state index in [9.17, 15) is 4.79 Å². The van der Waals surface area contributed by atoms with Gasteiger partial charge in [-0.3, -0.25) is 4.79 Å². The molecule has 0 radical (unpaired) electrons. The molecule has 3 atom stereocenters. The molecule has 0 aromatic carbocycles. The quantitative estimate of drug-likeness (QED) is 0.756. The van der Waals surface area contributed by atoms with Gasteiger partial charge in [0.15, 0.2) is 5.79 Å². The molecule has 0 spiro atoms. The van der Waals surface area contributed by atoms with Gasteiger partial charge in [0, 0.05) is 0 Å². The van der Waals surface area contributed by atoms with Gasteiger partial charge in [-0.05, 0) is 20.3 Å². The third kappa shape index (κ3) is 3.28. The third-order valence-corrected chi connectivity index (χ3v) is 2.89. The Morgan fingerprint density at radius 3 is 2.82 bits per heavy atom. The lowest BCUT2D eigenvalue weighted by atomic mass is 10.1. The van der Waals surface area contributed by atoms with E-state index in [1.165, 1.54) is 0 Å². The van der Waals surface area contributed by atoms with Gasteiger partial charge in [-0.15, -0.1) is 0 Å². The molecule has 1 fully saturated rings. The molecule has 17 heavy (non-hydrogen) atoms. The van der Waals surface area contributed by atoms with Gasteiger partial charge in [0.1, 0.15) is 6.10 Å². The topological polar surface area (TPSA) is 65.0 Å². The highest BCUT2D eigenvalue weighted by atomic mass is 16.7. The van der Waals surface area contributed by atoms with Gasteiger partial charge in [0.05, 0.1) is 25.2 Å². The van der Waals surface area contributed by atoms with E-state index in [2.05, 4.69) is 0 Å². The number of carboxylic acids is 1. The SMILES string of the molecule is CC1(C)OC[C@@H]([C@H]2CC=C[C@H](CC(=O)O)O2)O1. The van der Waals surface area contributed by atoms with Gasteiger partial charge in [0.25, 0.3) is 0 Å². The number of aliphatic carboxylic acids is 1. The van der Waals surface area contributed by atoms with Crippen LogP contribution in [0.2, 0.25) is 0 Å². The highest BCUT2D eigenvalue weighted by Gasteiger charge is 2.39. The maximum absolute atomic E-state index is 10.6. The first-order chi connectivity index (χ1) is 7.96. The summed E-state index contributed by atoms with van der Waals surface area (Å²) < 4.78 is 16.9. The van der Waals surface area contributed by atoms with Crippen molar-refractivity contribution in [3.8, 4) is 0 Å². The summed E-state index contributed by atoms with van der Waals surface area (Å²) >= 11 is 0. The van der Waals surface area contributed by atoms with Crippen molar-refractivity contribution in [2.45, 2.75) is 50.8 Å². The molecule has 0 aromatic heterocycles. The number of hydrogen-bond donors (Lipinski definition) is 1. The van der Waals surface area contributed by atoms with Crippen LogP contribution in [0.25, 0.3) is 0 Å². The van der Waals surface area contributed by atoms with Crippen LogP contribution in [-0.4, -0.2) is 41.8 Å². The minimum atomic E-state index is -0.857. The fourth-order valence-electron chi connectivity index (χ4n) is 2.12. The Morgan fingerprint density at radius 2 is 2.24 bits per heavy atom. The maximum Gasteiger partial charge on any atom is 0.306 e. The van der Waals surface area contributed by atoms with E-state index in [1.807, 2.05) is 19.9 Å². The molecule has 5 nitrogen and oxygen atoms in total. The molecule has 0 unspecified atom stereocenters. The van der Waals surface area contributed by atoms with Gasteiger partial charge in [-0.25, -0.2) is 0 Å². The second-order valence-electron chi connectivity index (χ2n) is 4.84. The second-order valence-corrected chi connectivity index (χ2v) is 4.84. The van der Waals surface area contributed by atoms with Gasteiger partial charge >= 0.3 is 5.97 Å². The predicted octanol–water partition coefficient (Wildman–Crippen LogP) is 1.33. The Hall–Kier alpha value is -0.910. The Morgan fingerprint density at radius 1 is 1.47 bits per heavy atom. The summed E-state index contributed by atoms with van der Waals surface area (Å²) in [6.45, 7) is 4.21. The van der Waals surface area contributed by atoms with Crippen molar-refractivity contribution < 1.29 is 24.1 Å². The van der Waals surface area contributed by atoms with E-state index < -0.39 is 11.8 Å². The lowest BCUT2D eigenvalue weighted by molar-refractivity contribution is -0.163. The maximum atomic E-state index is 10.6. The molecule has 2 rings (SSSR count). The Bertz CT molecular complexity index is 323. The predicted molar refractivity (Wildman–Crippen MR) is 59.6 cm³/mol. The first-order valence-corrected chi connectivity index (χ1v) is 5.82. The summed E-state index contributed by atoms with van der Waals surface area (Å²) in [5.41, 5.74) is 0. The van der Waals surface area contributed by atoms with Crippen molar-refractivity contribution in [2.24, 2.45) is 0 Å². The van der Waals surface area contributed by atoms with Gasteiger partial charge in [-0.2, -0.15) is 0 Å². The van der Waals surface area contributed by atoms with Crippen molar-refractivity contribution in [2.75, 3.05) is 6.61 Å². The minimum Gasteiger partial charge on any atom is -0.481 e. The van der Waals surface area contributed by atoms with Gasteiger partial charge < -0.3 is 19.3 Å². The molecule has 5 heteroatoms. The average Bonchev–Trinajstić information content (AvgIpc) is 2.58. The van der Waals surface area contributed by atoms with Crippen molar-refractivity contribution in [1.29, 1.82) is 0 Å². The lowest BCUT2D eigenvalue weighted by Crippen LogP contribution is -2.37. The summed E-state index contributed by atoms with van der Waals surface area (Å²) in [5.74, 6) is -1.43. The van der Waals surface area contributed by atoms with Crippen LogP contribution < -0.4 is 0 Å². The Labute approximate surface area is 100 Å². The fourth-order valence-corrected chi connectivity index (χ4v) is 2.12. The Kier molecular flexibility index (Phi) is 3.51. The van der Waals surface area contributed by atoms with E-state index in [0.29, 0.717) is 6.61 Å². The zero-order chi connectivity index (χ0) is 12.5. The van der Waals surface area contributed by atoms with Crippen molar-refractivity contribution >= 4 is 5.97 Å². The van der Waals surface area contributed by atoms with Crippen LogP contribution in [0.15, 0.2) is 12.2 Å². The van der Waals surface area contributed by atoms with Crippen molar-refractivity contribution in [3.63, 3.8) is 0 Å². The smallest absolute Gasteiger partial charge is 0.306 e. The van der Waals surface area contributed by atoms with Crippen LogP contribution in [-0.2, 0) is 19.0 Å². The fraction of sp³-hybridized carbons (Fsp3) is 0.750. The molecule has 2 aliphatic heterocycles. The Balaban J connectivity index is 1.91. The first kappa shape index (κ1) is 12.5. The van der Waals surface area contributed by atoms with Crippen molar-refractivity contribution in [1.82, 2.24) is 0 Å². The molecule has 0 bridgehead atoms. The van der Waals surface area contributed by atoms with Gasteiger partial charge in [-0.1, -0.05) is 12.2 Å². The van der Waals surface area contributed by atoms with Gasteiger partial charge in [0.2, 0.25) is 0 Å². The zero-order valence-electron chi connectivity index (χ0n) is 10.1. The summed E-state index contributed by atoms with van der Waals surface area (Å²) in [6.07, 6.45) is 3.88. The zero-order valence-corrected chi connectivity index (χ0v) is 10.1. The molecule has 96 valence electrons. The number of carbonyl (C=O) groups is 1. The summed E-state index contributed by atoms with van der Waals surface area (Å²) in [7, 11) is 0. The highest BCUT2D eigenvalue weighted by Crippen LogP contribution is 2.29. The van der Waals surface area contributed by atoms with Crippen LogP contribution in [0.3, 0.4) is 0 Å². The average molecular weight is 242 g/mol. The highest BCUT2D eigenvalue weighted by molar-refractivity contribution is 5.67. The number of carboxylic acid groups (broad SMARTS) is 1. The molecule has 1 N–H and O–H groups in total. The number of rotatable bonds is 3. The molecule has 0 aromatic rings. The van der Waals surface area contributed by atoms with E-state index in [-0.39, 0.29) is 24.7 Å². The van der Waals surface area contributed by atoms with Crippen LogP contribution in [0.5, 0.6) is 0 Å². The third-order valence-electron chi connectivity index (χ3n) is 2.89. The van der Waals surface area contributed by atoms with Crippen LogP contribution >= 0.6 is 0 Å². The number of ether oxygens (including phenoxy) is 3. The van der Waals surface area contributed by atoms with E-state index in [0.717, 1.165) is 6.42 Å². The first-order valence-electron chi connectivity index (χ1n) is 5.82. The summed E-state index contributed by atoms with van der Waals surface area (Å²) in [5, 5.41) is 8.73. The summed E-state index contributed by atoms with van der Waals surface area (Å²) in [6, 6.07) is 0. The van der Waals surface area contributed by atoms with Crippen LogP contribution in [0.1, 0.15) is 26.7 Å². The normalized spacial score (nSPS) is 36.0. The molecule has 0 saturated carbocycles. The van der Waals surface area contributed by atoms with E-state index in [4.69, 9.17) is 19.3 Å². The second kappa shape index (κ2) is 4.76. The lowest BCUT2D eigenvalue weighted by Gasteiger charge is -2.29. The molecule has 0 amide bonds. The summed E-state index contributed by atoms with van der Waals surface area (Å²) in [4.78, 5) is 10.6. The molecule has 0 aliphatic carbocycles. The van der Waals surface area contributed by atoms with E-state index >= 15 is 0 Å². The standard InChI is InChI=1S/C12H18O5/c1-12(2)15-7-10(17-12)9-5-3-4-8(16-9)6-11(13)14/h3-4,8-10H,5-7H2,1-2H3,(H,13,14)/t8-,9-,10+/m1/s1. The minimum absolute atomic E-state index is 0.00995. The number of hydrogen-bond acceptors (Lipinski definition) is 4. The van der Waals surface area contributed by atoms with E-state index in [1.54, 1.807) is 6.08 Å². The molecular formula is C12H18O5. The molecule has 1 saturated heterocycles. The van der Waals surface area contributed by atoms with Crippen LogP contribution in [0.4, 0.5) is 0 Å². The molecular weight excluding hydrogens is 224 g/mol. The molecule has 2 aliphatic rings. The molecule has 2 heterocycles. The monoisotopic (exact) mass is 242 g/mol.